The van der Waals surface area contributed by atoms with Crippen molar-refractivity contribution in [2.75, 3.05) is 11.5 Å². The fraction of sp³-hybridized carbons (Fsp3) is 0.190. The first kappa shape index (κ1) is 28.1. The Balaban J connectivity index is 2.27. The number of carbonyl (C=O) groups is 3. The number of fused-ring (bicyclic) bond motifs is 3. The summed E-state index contributed by atoms with van der Waals surface area (Å²) < 4.78 is 1.28. The smallest absolute Gasteiger partial charge is 0.267 e. The van der Waals surface area contributed by atoms with Crippen LogP contribution < -0.4 is 0 Å². The third-order valence-corrected chi connectivity index (χ3v) is 7.40. The summed E-state index contributed by atoms with van der Waals surface area (Å²) in [6, 6.07) is 1.66. The number of nitrogens with zero attached hydrogens (tertiary/aromatic N) is 6. The van der Waals surface area contributed by atoms with Crippen molar-refractivity contribution in [2.24, 2.45) is 0 Å². The number of non-ortho nitro benzene ring substituents is 2. The van der Waals surface area contributed by atoms with Gasteiger partial charge >= 0.3 is 6.03 Å². The molecule has 19 heteroatoms. The number of barbiturate groups is 1. The van der Waals surface area contributed by atoms with Crippen molar-refractivity contribution in [1.29, 1.82) is 0 Å². The highest BCUT2D eigenvalue weighted by atomic mass is 32.2. The van der Waals surface area contributed by atoms with Crippen molar-refractivity contribution in [3.05, 3.63) is 81.4 Å². The van der Waals surface area contributed by atoms with Gasteiger partial charge in [-0.15, -0.1) is 0 Å². The molecule has 0 bridgehead atoms. The number of amides is 4. The summed E-state index contributed by atoms with van der Waals surface area (Å²) >= 11 is 1.43. The molecule has 17 nitrogen and oxygen atoms in total. The molecule has 0 aromatic heterocycles. The summed E-state index contributed by atoms with van der Waals surface area (Å²) in [4.78, 5) is 83.5. The average Bonchev–Trinajstić information content (AvgIpc) is 3.21. The number of rotatable bonds is 8. The minimum Gasteiger partial charge on any atom is -0.267 e. The summed E-state index contributed by atoms with van der Waals surface area (Å²) in [5, 5.41) is 47.4. The van der Waals surface area contributed by atoms with E-state index < -0.39 is 93.7 Å². The van der Waals surface area contributed by atoms with E-state index in [1.165, 1.54) is 0 Å². The molecule has 0 N–H and O–H groups in total. The van der Waals surface area contributed by atoms with Gasteiger partial charge in [-0.1, -0.05) is 13.8 Å². The van der Waals surface area contributed by atoms with Gasteiger partial charge < -0.3 is 0 Å². The second-order valence-electron chi connectivity index (χ2n) is 7.87. The van der Waals surface area contributed by atoms with E-state index in [0.29, 0.717) is 20.7 Å². The van der Waals surface area contributed by atoms with Gasteiger partial charge in [-0.3, -0.25) is 50.0 Å². The number of nitro benzene ring substituents is 4. The Kier molecular flexibility index (Phi) is 7.26. The first-order chi connectivity index (χ1) is 18.8. The van der Waals surface area contributed by atoms with Crippen molar-refractivity contribution in [3.63, 3.8) is 0 Å². The van der Waals surface area contributed by atoms with Crippen LogP contribution in [0.15, 0.2) is 29.8 Å². The van der Waals surface area contributed by atoms with Gasteiger partial charge in [0.05, 0.1) is 43.0 Å². The molecule has 0 atom stereocenters. The number of carbonyl (C=O) groups excluding carboxylic acids is 3. The van der Waals surface area contributed by atoms with Gasteiger partial charge in [0.25, 0.3) is 34.6 Å². The standard InChI is InChI=1S/C21H14N6O11S2/c1-3-39-22-19(28)18(20(29)23(21(22)30)40-4-2)15-11-5-9(24(31)32)7-13(26(35)36)16(11)17-12(15)6-10(25(33)34)8-14(17)27(37)38/h5-8H,3-4H2,1-2H3. The van der Waals surface area contributed by atoms with Crippen LogP contribution in [-0.2, 0) is 9.59 Å². The second-order valence-corrected chi connectivity index (χ2v) is 10.3. The van der Waals surface area contributed by atoms with Gasteiger partial charge in [0.15, 0.2) is 0 Å². The van der Waals surface area contributed by atoms with Crippen LogP contribution in [0, 0.1) is 40.5 Å². The molecule has 1 fully saturated rings. The molecule has 1 saturated heterocycles. The van der Waals surface area contributed by atoms with Crippen LogP contribution >= 0.6 is 23.9 Å². The van der Waals surface area contributed by atoms with Gasteiger partial charge in [-0.05, 0) is 23.9 Å². The van der Waals surface area contributed by atoms with E-state index in [9.17, 15) is 54.8 Å². The van der Waals surface area contributed by atoms with Gasteiger partial charge in [-0.25, -0.2) is 4.79 Å². The Morgan fingerprint density at radius 2 is 1.00 bits per heavy atom. The molecule has 2 aliphatic rings. The molecule has 1 aliphatic carbocycles. The first-order valence-electron chi connectivity index (χ1n) is 11.0. The lowest BCUT2D eigenvalue weighted by Gasteiger charge is -2.32. The Morgan fingerprint density at radius 1 is 0.625 bits per heavy atom. The summed E-state index contributed by atoms with van der Waals surface area (Å²) in [7, 11) is 0. The van der Waals surface area contributed by atoms with Crippen LogP contribution in [0.5, 0.6) is 0 Å². The van der Waals surface area contributed by atoms with Gasteiger partial charge in [-0.2, -0.15) is 8.61 Å². The molecule has 4 amide bonds. The average molecular weight is 591 g/mol. The maximum atomic E-state index is 13.6. The fourth-order valence-corrected chi connectivity index (χ4v) is 5.68. The maximum Gasteiger partial charge on any atom is 0.354 e. The molecule has 1 heterocycles. The summed E-state index contributed by atoms with van der Waals surface area (Å²) in [5.41, 5.74) is -7.02. The number of hydrogen-bond acceptors (Lipinski definition) is 13. The van der Waals surface area contributed by atoms with Crippen molar-refractivity contribution in [2.45, 2.75) is 13.8 Å². The number of hydrogen-bond donors (Lipinski definition) is 0. The van der Waals surface area contributed by atoms with Crippen LogP contribution in [0.2, 0.25) is 0 Å². The molecule has 2 aromatic rings. The van der Waals surface area contributed by atoms with Crippen LogP contribution in [0.3, 0.4) is 0 Å². The SMILES string of the molecule is CCSN1C(=O)C(=C2c3cc([N+](=O)[O-])cc([N+](=O)[O-])c3-c3c2cc([N+](=O)[O-])cc3[N+](=O)[O-])C(=O)N(SCC)C1=O. The molecule has 4 rings (SSSR count). The highest BCUT2D eigenvalue weighted by Crippen LogP contribution is 2.56. The maximum absolute atomic E-state index is 13.6. The Labute approximate surface area is 230 Å². The number of urea groups is 1. The second kappa shape index (κ2) is 10.3. The van der Waals surface area contributed by atoms with Gasteiger partial charge in [0.1, 0.15) is 5.57 Å². The van der Waals surface area contributed by atoms with Crippen molar-refractivity contribution in [3.8, 4) is 11.1 Å². The predicted molar refractivity (Wildman–Crippen MR) is 140 cm³/mol. The summed E-state index contributed by atoms with van der Waals surface area (Å²) in [5.74, 6) is -2.04. The molecule has 0 unspecified atom stereocenters. The largest absolute Gasteiger partial charge is 0.354 e. The predicted octanol–water partition coefficient (Wildman–Crippen LogP) is 4.23. The van der Waals surface area contributed by atoms with Crippen LogP contribution in [0.4, 0.5) is 27.5 Å². The Morgan fingerprint density at radius 3 is 1.30 bits per heavy atom. The number of imide groups is 2. The van der Waals surface area contributed by atoms with Crippen molar-refractivity contribution >= 4 is 70.1 Å². The van der Waals surface area contributed by atoms with Gasteiger partial charge in [0, 0.05) is 40.3 Å². The van der Waals surface area contributed by atoms with E-state index in [0.717, 1.165) is 36.0 Å². The molecule has 0 spiro atoms. The third-order valence-electron chi connectivity index (χ3n) is 5.72. The Bertz CT molecular complexity index is 1510. The van der Waals surface area contributed by atoms with Crippen LogP contribution in [0.25, 0.3) is 16.7 Å². The first-order valence-corrected chi connectivity index (χ1v) is 12.9. The van der Waals surface area contributed by atoms with E-state index in [2.05, 4.69) is 0 Å². The molecular formula is C21H14N6O11S2. The lowest BCUT2D eigenvalue weighted by molar-refractivity contribution is -0.395. The molecule has 206 valence electrons. The zero-order valence-corrected chi connectivity index (χ0v) is 21.8. The van der Waals surface area contributed by atoms with E-state index in [-0.39, 0.29) is 11.5 Å². The van der Waals surface area contributed by atoms with Crippen LogP contribution in [0.1, 0.15) is 25.0 Å². The number of nitro groups is 4. The highest BCUT2D eigenvalue weighted by Gasteiger charge is 2.49. The molecule has 0 radical (unpaired) electrons. The van der Waals surface area contributed by atoms with E-state index in [1.807, 2.05) is 0 Å². The topological polar surface area (TPSA) is 230 Å². The zero-order valence-electron chi connectivity index (χ0n) is 20.2. The lowest BCUT2D eigenvalue weighted by Crippen LogP contribution is -2.51. The molecule has 0 saturated carbocycles. The quantitative estimate of drug-likeness (QED) is 0.118. The van der Waals surface area contributed by atoms with E-state index in [1.54, 1.807) is 13.8 Å². The minimum absolute atomic E-state index is 0.181. The summed E-state index contributed by atoms with van der Waals surface area (Å²) in [6.07, 6.45) is 0. The van der Waals surface area contributed by atoms with E-state index >= 15 is 0 Å². The molecule has 40 heavy (non-hydrogen) atoms. The Hall–Kier alpha value is -4.91. The monoisotopic (exact) mass is 590 g/mol. The molecule has 2 aromatic carbocycles. The lowest BCUT2D eigenvalue weighted by atomic mass is 9.95. The molecular weight excluding hydrogens is 576 g/mol. The van der Waals surface area contributed by atoms with Crippen LogP contribution in [-0.4, -0.2) is 57.7 Å². The van der Waals surface area contributed by atoms with Crippen molar-refractivity contribution < 1.29 is 34.1 Å². The van der Waals surface area contributed by atoms with Crippen molar-refractivity contribution in [1.82, 2.24) is 8.61 Å². The zero-order chi connectivity index (χ0) is 29.6. The summed E-state index contributed by atoms with van der Waals surface area (Å²) in [6.45, 7) is 3.21. The minimum atomic E-state index is -1.20. The highest BCUT2D eigenvalue weighted by molar-refractivity contribution is 7.99. The fourth-order valence-electron chi connectivity index (χ4n) is 4.31. The van der Waals surface area contributed by atoms with E-state index in [4.69, 9.17) is 0 Å². The third kappa shape index (κ3) is 4.29. The molecule has 1 aliphatic heterocycles. The number of benzene rings is 2. The normalized spacial score (nSPS) is 14.4. The van der Waals surface area contributed by atoms with Gasteiger partial charge in [0.2, 0.25) is 0 Å².